The van der Waals surface area contributed by atoms with Crippen LogP contribution in [0.5, 0.6) is 28.7 Å². The number of nitrogens with zero attached hydrogens (tertiary/aromatic N) is 1. The summed E-state index contributed by atoms with van der Waals surface area (Å²) in [6.45, 7) is 3.69. The van der Waals surface area contributed by atoms with Crippen LogP contribution in [0.15, 0.2) is 59.7 Å². The van der Waals surface area contributed by atoms with Gasteiger partial charge in [0.2, 0.25) is 5.75 Å². The van der Waals surface area contributed by atoms with Crippen LogP contribution in [-0.2, 0) is 4.79 Å². The van der Waals surface area contributed by atoms with Gasteiger partial charge in [0.05, 0.1) is 33.1 Å². The van der Waals surface area contributed by atoms with Gasteiger partial charge >= 0.3 is 5.97 Å². The number of ether oxygens (including phenoxy) is 5. The van der Waals surface area contributed by atoms with E-state index in [1.165, 1.54) is 39.7 Å². The second-order valence-electron chi connectivity index (χ2n) is 7.73. The molecule has 3 rings (SSSR count). The molecule has 0 radical (unpaired) electrons. The zero-order chi connectivity index (χ0) is 26.1. The third-order valence-corrected chi connectivity index (χ3v) is 5.07. The number of esters is 1. The van der Waals surface area contributed by atoms with Crippen molar-refractivity contribution in [3.05, 3.63) is 76.9 Å². The van der Waals surface area contributed by atoms with Gasteiger partial charge in [-0.1, -0.05) is 24.3 Å². The fourth-order valence-electron chi connectivity index (χ4n) is 3.24. The smallest absolute Gasteiger partial charge is 0.343 e. The standard InChI is InChI=1S/C27H28N2O7/c1-17-9-10-18(2)22(11-17)35-16-25(30)29-28-15-19-7-6-8-21(12-19)36-27(31)20-13-23(32-3)26(34-5)24(14-20)33-4/h6-15H,16H2,1-5H3,(H,29,30)/b28-15-. The summed E-state index contributed by atoms with van der Waals surface area (Å²) in [5.41, 5.74) is 5.23. The Balaban J connectivity index is 1.60. The highest BCUT2D eigenvalue weighted by Crippen LogP contribution is 2.38. The van der Waals surface area contributed by atoms with E-state index in [-0.39, 0.29) is 12.2 Å². The van der Waals surface area contributed by atoms with Gasteiger partial charge in [-0.3, -0.25) is 4.79 Å². The molecule has 1 amide bonds. The van der Waals surface area contributed by atoms with Crippen molar-refractivity contribution in [2.45, 2.75) is 13.8 Å². The molecule has 0 atom stereocenters. The maximum absolute atomic E-state index is 12.7. The second kappa shape index (κ2) is 12.3. The van der Waals surface area contributed by atoms with E-state index in [0.717, 1.165) is 11.1 Å². The van der Waals surface area contributed by atoms with Gasteiger partial charge in [-0.15, -0.1) is 0 Å². The molecule has 0 aromatic heterocycles. The first-order chi connectivity index (χ1) is 17.3. The molecule has 9 nitrogen and oxygen atoms in total. The SMILES string of the molecule is COc1cc(C(=O)Oc2cccc(/C=N\NC(=O)COc3cc(C)ccc3C)c2)cc(OC)c1OC. The maximum Gasteiger partial charge on any atom is 0.343 e. The van der Waals surface area contributed by atoms with E-state index < -0.39 is 11.9 Å². The lowest BCUT2D eigenvalue weighted by Gasteiger charge is -2.13. The summed E-state index contributed by atoms with van der Waals surface area (Å²) in [6, 6.07) is 15.5. The number of benzene rings is 3. The molecule has 0 aliphatic heterocycles. The van der Waals surface area contributed by atoms with E-state index in [4.69, 9.17) is 23.7 Å². The zero-order valence-electron chi connectivity index (χ0n) is 20.8. The molecular weight excluding hydrogens is 464 g/mol. The summed E-state index contributed by atoms with van der Waals surface area (Å²) >= 11 is 0. The lowest BCUT2D eigenvalue weighted by atomic mass is 10.1. The monoisotopic (exact) mass is 492 g/mol. The largest absolute Gasteiger partial charge is 0.493 e. The van der Waals surface area contributed by atoms with E-state index in [9.17, 15) is 9.59 Å². The van der Waals surface area contributed by atoms with Crippen LogP contribution < -0.4 is 29.1 Å². The van der Waals surface area contributed by atoms with Crippen LogP contribution in [0.1, 0.15) is 27.0 Å². The van der Waals surface area contributed by atoms with E-state index in [1.807, 2.05) is 32.0 Å². The van der Waals surface area contributed by atoms with Gasteiger partial charge in [-0.25, -0.2) is 10.2 Å². The van der Waals surface area contributed by atoms with Crippen molar-refractivity contribution in [2.24, 2.45) is 5.10 Å². The van der Waals surface area contributed by atoms with Crippen molar-refractivity contribution < 1.29 is 33.3 Å². The number of aryl methyl sites for hydroxylation is 2. The Morgan fingerprint density at radius 1 is 0.889 bits per heavy atom. The highest BCUT2D eigenvalue weighted by molar-refractivity contribution is 5.93. The molecular formula is C27H28N2O7. The Labute approximate surface area is 209 Å². The lowest BCUT2D eigenvalue weighted by molar-refractivity contribution is -0.123. The predicted octanol–water partition coefficient (Wildman–Crippen LogP) is 4.08. The number of methoxy groups -OCH3 is 3. The van der Waals surface area contributed by atoms with Gasteiger partial charge in [0.1, 0.15) is 11.5 Å². The summed E-state index contributed by atoms with van der Waals surface area (Å²) in [6.07, 6.45) is 1.44. The van der Waals surface area contributed by atoms with E-state index in [1.54, 1.807) is 24.3 Å². The first kappa shape index (κ1) is 26.1. The average molecular weight is 493 g/mol. The van der Waals surface area contributed by atoms with Crippen molar-refractivity contribution in [2.75, 3.05) is 27.9 Å². The topological polar surface area (TPSA) is 105 Å². The van der Waals surface area contributed by atoms with Gasteiger partial charge in [-0.2, -0.15) is 5.10 Å². The Bertz CT molecular complexity index is 1250. The normalized spacial score (nSPS) is 10.6. The molecule has 0 fully saturated rings. The molecule has 1 N–H and O–H groups in total. The first-order valence-electron chi connectivity index (χ1n) is 11.0. The second-order valence-corrected chi connectivity index (χ2v) is 7.73. The third kappa shape index (κ3) is 6.75. The highest BCUT2D eigenvalue weighted by atomic mass is 16.5. The Hall–Kier alpha value is -4.53. The van der Waals surface area contributed by atoms with Crippen LogP contribution in [-0.4, -0.2) is 46.0 Å². The van der Waals surface area contributed by atoms with Crippen LogP contribution in [0.25, 0.3) is 0 Å². The van der Waals surface area contributed by atoms with Crippen LogP contribution in [0.4, 0.5) is 0 Å². The molecule has 0 saturated carbocycles. The van der Waals surface area contributed by atoms with Crippen molar-refractivity contribution in [1.29, 1.82) is 0 Å². The molecule has 3 aromatic rings. The van der Waals surface area contributed by atoms with Crippen molar-refractivity contribution in [3.8, 4) is 28.7 Å². The van der Waals surface area contributed by atoms with Gasteiger partial charge in [0.15, 0.2) is 18.1 Å². The van der Waals surface area contributed by atoms with Gasteiger partial charge in [0.25, 0.3) is 5.91 Å². The van der Waals surface area contributed by atoms with Gasteiger partial charge in [0, 0.05) is 0 Å². The number of hydrazone groups is 1. The molecule has 0 spiro atoms. The van der Waals surface area contributed by atoms with Crippen molar-refractivity contribution >= 4 is 18.1 Å². The molecule has 0 aliphatic carbocycles. The molecule has 0 saturated heterocycles. The number of rotatable bonds is 10. The summed E-state index contributed by atoms with van der Waals surface area (Å²) in [7, 11) is 4.40. The van der Waals surface area contributed by atoms with Crippen molar-refractivity contribution in [3.63, 3.8) is 0 Å². The fraction of sp³-hybridized carbons (Fsp3) is 0.222. The molecule has 9 heteroatoms. The van der Waals surface area contributed by atoms with Crippen LogP contribution in [0, 0.1) is 13.8 Å². The predicted molar refractivity (Wildman–Crippen MR) is 135 cm³/mol. The number of hydrogen-bond acceptors (Lipinski definition) is 8. The summed E-state index contributed by atoms with van der Waals surface area (Å²) in [4.78, 5) is 24.8. The molecule has 188 valence electrons. The Morgan fingerprint density at radius 2 is 1.61 bits per heavy atom. The van der Waals surface area contributed by atoms with Gasteiger partial charge in [-0.05, 0) is 60.9 Å². The summed E-state index contributed by atoms with van der Waals surface area (Å²) in [5.74, 6) is 0.968. The average Bonchev–Trinajstić information content (AvgIpc) is 2.88. The number of hydrogen-bond donors (Lipinski definition) is 1. The quantitative estimate of drug-likeness (QED) is 0.197. The zero-order valence-corrected chi connectivity index (χ0v) is 20.8. The molecule has 0 heterocycles. The summed E-state index contributed by atoms with van der Waals surface area (Å²) in [5, 5.41) is 3.94. The minimum atomic E-state index is -0.611. The van der Waals surface area contributed by atoms with Crippen LogP contribution in [0.2, 0.25) is 0 Å². The Kier molecular flexibility index (Phi) is 8.88. The number of amides is 1. The molecule has 36 heavy (non-hydrogen) atoms. The van der Waals surface area contributed by atoms with Gasteiger partial charge < -0.3 is 23.7 Å². The molecule has 3 aromatic carbocycles. The number of nitrogens with one attached hydrogen (secondary N) is 1. The van der Waals surface area contributed by atoms with Crippen molar-refractivity contribution in [1.82, 2.24) is 5.43 Å². The maximum atomic E-state index is 12.7. The number of carbonyl (C=O) groups excluding carboxylic acids is 2. The minimum Gasteiger partial charge on any atom is -0.493 e. The highest BCUT2D eigenvalue weighted by Gasteiger charge is 2.18. The molecule has 0 aliphatic rings. The van der Waals surface area contributed by atoms with E-state index in [2.05, 4.69) is 10.5 Å². The first-order valence-corrected chi connectivity index (χ1v) is 11.0. The lowest BCUT2D eigenvalue weighted by Crippen LogP contribution is -2.24. The van der Waals surface area contributed by atoms with E-state index >= 15 is 0 Å². The van der Waals surface area contributed by atoms with Crippen LogP contribution in [0.3, 0.4) is 0 Å². The Morgan fingerprint density at radius 3 is 2.28 bits per heavy atom. The fourth-order valence-corrected chi connectivity index (χ4v) is 3.24. The number of carbonyl (C=O) groups is 2. The summed E-state index contributed by atoms with van der Waals surface area (Å²) < 4.78 is 26.9. The van der Waals surface area contributed by atoms with E-state index in [0.29, 0.717) is 34.3 Å². The molecule has 0 bridgehead atoms. The molecule has 0 unspecified atom stereocenters. The third-order valence-electron chi connectivity index (χ3n) is 5.07. The van der Waals surface area contributed by atoms with Crippen LogP contribution >= 0.6 is 0 Å². The minimum absolute atomic E-state index is 0.173.